The Bertz CT molecular complexity index is 578. The quantitative estimate of drug-likeness (QED) is 0.733. The number of anilines is 1. The molecular weight excluding hydrogens is 206 g/mol. The van der Waals surface area contributed by atoms with Crippen molar-refractivity contribution in [2.24, 2.45) is 10.1 Å². The van der Waals surface area contributed by atoms with Crippen LogP contribution in [0.3, 0.4) is 0 Å². The smallest absolute Gasteiger partial charge is 0.204 e. The van der Waals surface area contributed by atoms with Crippen LogP contribution >= 0.6 is 0 Å². The normalized spacial score (nSPS) is 15.6. The standard InChI is InChI=1S/C9H7N7/c10-8-2-1-6(3-11-8)14-7-4-13-16-5-12-15-9(7)16/h1-5H,(H2,10,11). The molecule has 3 heterocycles. The Labute approximate surface area is 90.4 Å². The van der Waals surface area contributed by atoms with Crippen LogP contribution in [0.25, 0.3) is 0 Å². The molecule has 0 amide bonds. The van der Waals surface area contributed by atoms with Crippen molar-refractivity contribution in [1.82, 2.24) is 19.9 Å². The molecule has 0 radical (unpaired) electrons. The van der Waals surface area contributed by atoms with Crippen LogP contribution in [-0.2, 0) is 0 Å². The largest absolute Gasteiger partial charge is 0.384 e. The minimum atomic E-state index is 0.465. The number of hydrogen-bond donors (Lipinski definition) is 1. The van der Waals surface area contributed by atoms with Gasteiger partial charge in [0.25, 0.3) is 0 Å². The molecule has 0 bridgehead atoms. The van der Waals surface area contributed by atoms with Gasteiger partial charge in [0.05, 0.1) is 18.1 Å². The monoisotopic (exact) mass is 213 g/mol. The maximum atomic E-state index is 5.48. The zero-order valence-corrected chi connectivity index (χ0v) is 8.15. The van der Waals surface area contributed by atoms with Gasteiger partial charge in [-0.15, -0.1) is 10.2 Å². The number of pyridine rings is 1. The van der Waals surface area contributed by atoms with Gasteiger partial charge in [0.15, 0.2) is 0 Å². The molecule has 0 atom stereocenters. The Morgan fingerprint density at radius 1 is 1.31 bits per heavy atom. The van der Waals surface area contributed by atoms with Gasteiger partial charge in [-0.25, -0.2) is 9.98 Å². The lowest BCUT2D eigenvalue weighted by Gasteiger charge is -1.95. The maximum absolute atomic E-state index is 5.48. The van der Waals surface area contributed by atoms with Crippen molar-refractivity contribution in [3.05, 3.63) is 30.5 Å². The van der Waals surface area contributed by atoms with Gasteiger partial charge in [-0.05, 0) is 12.1 Å². The number of aliphatic imine (C=N–C) groups is 1. The third-order valence-electron chi connectivity index (χ3n) is 2.08. The predicted octanol–water partition coefficient (Wildman–Crippen LogP) is 0.224. The fourth-order valence-corrected chi connectivity index (χ4v) is 1.34. The number of rotatable bonds is 1. The van der Waals surface area contributed by atoms with Crippen LogP contribution in [0, 0.1) is 0 Å². The summed E-state index contributed by atoms with van der Waals surface area (Å²) in [6.45, 7) is 0. The molecule has 7 nitrogen and oxygen atoms in total. The van der Waals surface area contributed by atoms with Gasteiger partial charge in [0, 0.05) is 0 Å². The number of nitrogen functional groups attached to an aromatic ring is 1. The zero-order valence-electron chi connectivity index (χ0n) is 8.15. The minimum Gasteiger partial charge on any atom is -0.384 e. The molecule has 0 saturated heterocycles. The molecule has 0 unspecified atom stereocenters. The Kier molecular flexibility index (Phi) is 1.76. The summed E-state index contributed by atoms with van der Waals surface area (Å²) < 4.78 is 1.56. The Morgan fingerprint density at radius 2 is 2.25 bits per heavy atom. The Morgan fingerprint density at radius 3 is 3.06 bits per heavy atom. The van der Waals surface area contributed by atoms with Gasteiger partial charge in [-0.3, -0.25) is 0 Å². The van der Waals surface area contributed by atoms with E-state index in [1.807, 2.05) is 0 Å². The van der Waals surface area contributed by atoms with Gasteiger partial charge < -0.3 is 5.73 Å². The molecule has 3 rings (SSSR count). The van der Waals surface area contributed by atoms with Gasteiger partial charge in [0.2, 0.25) is 5.82 Å². The van der Waals surface area contributed by atoms with E-state index in [0.717, 1.165) is 0 Å². The highest BCUT2D eigenvalue weighted by atomic mass is 15.5. The molecule has 1 aliphatic heterocycles. The summed E-state index contributed by atoms with van der Waals surface area (Å²) >= 11 is 0. The summed E-state index contributed by atoms with van der Waals surface area (Å²) in [6.07, 6.45) is 4.74. The topological polar surface area (TPSA) is 94.3 Å². The van der Waals surface area contributed by atoms with Crippen molar-refractivity contribution in [3.8, 4) is 0 Å². The summed E-state index contributed by atoms with van der Waals surface area (Å²) in [6, 6.07) is 3.47. The van der Waals surface area contributed by atoms with Crippen LogP contribution in [-0.4, -0.2) is 31.8 Å². The van der Waals surface area contributed by atoms with Crippen molar-refractivity contribution in [3.63, 3.8) is 0 Å². The third-order valence-corrected chi connectivity index (χ3v) is 2.08. The highest BCUT2D eigenvalue weighted by Gasteiger charge is 2.15. The lowest BCUT2D eigenvalue weighted by molar-refractivity contribution is 0.884. The predicted molar refractivity (Wildman–Crippen MR) is 58.8 cm³/mol. The highest BCUT2D eigenvalue weighted by molar-refractivity contribution is 6.38. The first-order chi connectivity index (χ1) is 7.83. The Balaban J connectivity index is 2.01. The van der Waals surface area contributed by atoms with E-state index < -0.39 is 0 Å². The van der Waals surface area contributed by atoms with Crippen LogP contribution < -0.4 is 5.73 Å². The summed E-state index contributed by atoms with van der Waals surface area (Å²) in [7, 11) is 0. The summed E-state index contributed by atoms with van der Waals surface area (Å²) in [5.74, 6) is 1.09. The fourth-order valence-electron chi connectivity index (χ4n) is 1.34. The van der Waals surface area contributed by atoms with Crippen LogP contribution in [0.5, 0.6) is 0 Å². The van der Waals surface area contributed by atoms with Crippen LogP contribution in [0.1, 0.15) is 5.82 Å². The first-order valence-corrected chi connectivity index (χ1v) is 4.58. The molecule has 0 saturated carbocycles. The number of nitrogens with two attached hydrogens (primary N) is 1. The van der Waals surface area contributed by atoms with Crippen molar-refractivity contribution in [1.29, 1.82) is 0 Å². The molecule has 2 N–H and O–H groups in total. The van der Waals surface area contributed by atoms with E-state index in [2.05, 4.69) is 25.3 Å². The second-order valence-electron chi connectivity index (χ2n) is 3.18. The fraction of sp³-hybridized carbons (Fsp3) is 0. The van der Waals surface area contributed by atoms with E-state index in [1.165, 1.54) is 6.33 Å². The van der Waals surface area contributed by atoms with Gasteiger partial charge in [-0.2, -0.15) is 9.78 Å². The third kappa shape index (κ3) is 1.34. The SMILES string of the molecule is Nc1ccc(N=C2C=Nn3cnnc32)cn1. The van der Waals surface area contributed by atoms with Crippen LogP contribution in [0.2, 0.25) is 0 Å². The van der Waals surface area contributed by atoms with Crippen molar-refractivity contribution in [2.75, 3.05) is 5.73 Å². The van der Waals surface area contributed by atoms with E-state index in [4.69, 9.17) is 5.73 Å². The second-order valence-corrected chi connectivity index (χ2v) is 3.18. The number of fused-ring (bicyclic) bond motifs is 1. The molecule has 1 aliphatic rings. The van der Waals surface area contributed by atoms with E-state index in [9.17, 15) is 0 Å². The number of nitrogens with zero attached hydrogens (tertiary/aromatic N) is 6. The summed E-state index contributed by atoms with van der Waals surface area (Å²) in [5.41, 5.74) is 6.84. The molecule has 78 valence electrons. The average Bonchev–Trinajstić information content (AvgIpc) is 2.86. The minimum absolute atomic E-state index is 0.465. The first kappa shape index (κ1) is 8.72. The van der Waals surface area contributed by atoms with Crippen molar-refractivity contribution < 1.29 is 0 Å². The molecule has 0 fully saturated rings. The van der Waals surface area contributed by atoms with E-state index in [1.54, 1.807) is 29.2 Å². The first-order valence-electron chi connectivity index (χ1n) is 4.58. The molecule has 16 heavy (non-hydrogen) atoms. The molecule has 2 aromatic heterocycles. The molecule has 0 aliphatic carbocycles. The van der Waals surface area contributed by atoms with Crippen molar-refractivity contribution in [2.45, 2.75) is 0 Å². The van der Waals surface area contributed by atoms with Gasteiger partial charge in [0.1, 0.15) is 17.9 Å². The van der Waals surface area contributed by atoms with Crippen LogP contribution in [0.4, 0.5) is 11.5 Å². The van der Waals surface area contributed by atoms with E-state index >= 15 is 0 Å². The molecule has 0 aromatic carbocycles. The maximum Gasteiger partial charge on any atom is 0.204 e. The van der Waals surface area contributed by atoms with E-state index in [0.29, 0.717) is 23.0 Å². The second kappa shape index (κ2) is 3.23. The molecule has 2 aromatic rings. The average molecular weight is 213 g/mol. The molecule has 0 spiro atoms. The lowest BCUT2D eigenvalue weighted by Crippen LogP contribution is -2.01. The molecule has 7 heteroatoms. The van der Waals surface area contributed by atoms with Crippen LogP contribution in [0.15, 0.2) is 34.8 Å². The number of aromatic nitrogens is 4. The van der Waals surface area contributed by atoms with E-state index in [-0.39, 0.29) is 0 Å². The molecular formula is C9H7N7. The summed E-state index contributed by atoms with van der Waals surface area (Å²) in [4.78, 5) is 8.29. The number of hydrogen-bond acceptors (Lipinski definition) is 6. The summed E-state index contributed by atoms with van der Waals surface area (Å²) in [5, 5.41) is 11.7. The lowest BCUT2D eigenvalue weighted by atomic mass is 10.3. The van der Waals surface area contributed by atoms with Crippen molar-refractivity contribution >= 4 is 23.4 Å². The van der Waals surface area contributed by atoms with Gasteiger partial charge >= 0.3 is 0 Å². The highest BCUT2D eigenvalue weighted by Crippen LogP contribution is 2.14. The van der Waals surface area contributed by atoms with Gasteiger partial charge in [-0.1, -0.05) is 0 Å². The Hall–Kier alpha value is -2.57. The zero-order chi connectivity index (χ0) is 11.0.